The molecule has 1 unspecified atom stereocenters. The number of hydrogen-bond acceptors (Lipinski definition) is 2. The first-order chi connectivity index (χ1) is 10.1. The Morgan fingerprint density at radius 1 is 1.14 bits per heavy atom. The van der Waals surface area contributed by atoms with Gasteiger partial charge in [0.05, 0.1) is 7.11 Å². The van der Waals surface area contributed by atoms with Gasteiger partial charge in [0.1, 0.15) is 5.75 Å². The second-order valence-corrected chi connectivity index (χ2v) is 6.08. The average molecular weight is 348 g/mol. The van der Waals surface area contributed by atoms with Crippen LogP contribution in [0.4, 0.5) is 0 Å². The van der Waals surface area contributed by atoms with Crippen molar-refractivity contribution in [3.63, 3.8) is 0 Å². The maximum absolute atomic E-state index is 5.30. The molecule has 21 heavy (non-hydrogen) atoms. The minimum atomic E-state index is 0.321. The lowest BCUT2D eigenvalue weighted by molar-refractivity contribution is 0.414. The predicted octanol–water partition coefficient (Wildman–Crippen LogP) is 4.66. The van der Waals surface area contributed by atoms with Crippen LogP contribution in [0.1, 0.15) is 29.7 Å². The summed E-state index contributed by atoms with van der Waals surface area (Å²) in [6.07, 6.45) is 0.980. The van der Waals surface area contributed by atoms with Gasteiger partial charge in [-0.15, -0.1) is 0 Å². The molecule has 0 spiro atoms. The summed E-state index contributed by atoms with van der Waals surface area (Å²) in [6, 6.07) is 15.2. The van der Waals surface area contributed by atoms with Crippen molar-refractivity contribution < 1.29 is 4.74 Å². The fourth-order valence-electron chi connectivity index (χ4n) is 2.56. The topological polar surface area (TPSA) is 21.3 Å². The minimum absolute atomic E-state index is 0.321. The summed E-state index contributed by atoms with van der Waals surface area (Å²) in [4.78, 5) is 0. The highest BCUT2D eigenvalue weighted by molar-refractivity contribution is 9.10. The highest BCUT2D eigenvalue weighted by Crippen LogP contribution is 2.25. The van der Waals surface area contributed by atoms with Gasteiger partial charge in [-0.1, -0.05) is 41.1 Å². The van der Waals surface area contributed by atoms with E-state index in [9.17, 15) is 0 Å². The number of rotatable bonds is 6. The second kappa shape index (κ2) is 7.62. The molecule has 0 radical (unpaired) electrons. The Kier molecular flexibility index (Phi) is 5.83. The Labute approximate surface area is 135 Å². The highest BCUT2D eigenvalue weighted by atomic mass is 79.9. The average Bonchev–Trinajstić information content (AvgIpc) is 2.49. The zero-order chi connectivity index (χ0) is 15.2. The molecule has 0 aliphatic heterocycles. The highest BCUT2D eigenvalue weighted by Gasteiger charge is 2.14. The number of methoxy groups -OCH3 is 1. The molecule has 0 heterocycles. The normalized spacial score (nSPS) is 12.2. The molecule has 2 aromatic carbocycles. The number of benzene rings is 2. The Bertz CT molecular complexity index is 580. The molecule has 3 heteroatoms. The third-order valence-corrected chi connectivity index (χ3v) is 4.18. The molecular formula is C18H22BrNO. The Morgan fingerprint density at radius 2 is 1.86 bits per heavy atom. The first kappa shape index (κ1) is 16.1. The number of ether oxygens (including phenoxy) is 1. The molecule has 0 saturated heterocycles. The van der Waals surface area contributed by atoms with E-state index in [4.69, 9.17) is 4.74 Å². The van der Waals surface area contributed by atoms with Gasteiger partial charge in [0.15, 0.2) is 0 Å². The van der Waals surface area contributed by atoms with E-state index in [0.717, 1.165) is 23.2 Å². The van der Waals surface area contributed by atoms with E-state index < -0.39 is 0 Å². The van der Waals surface area contributed by atoms with E-state index in [0.29, 0.717) is 6.04 Å². The van der Waals surface area contributed by atoms with E-state index >= 15 is 0 Å². The monoisotopic (exact) mass is 347 g/mol. The number of halogens is 1. The van der Waals surface area contributed by atoms with E-state index in [1.54, 1.807) is 7.11 Å². The van der Waals surface area contributed by atoms with Gasteiger partial charge in [-0.2, -0.15) is 0 Å². The molecule has 112 valence electrons. The van der Waals surface area contributed by atoms with Gasteiger partial charge >= 0.3 is 0 Å². The van der Waals surface area contributed by atoms with Crippen LogP contribution in [-0.2, 0) is 6.42 Å². The van der Waals surface area contributed by atoms with Crippen molar-refractivity contribution in [2.24, 2.45) is 0 Å². The summed E-state index contributed by atoms with van der Waals surface area (Å²) in [6.45, 7) is 5.24. The van der Waals surface area contributed by atoms with E-state index in [1.807, 2.05) is 6.07 Å². The fraction of sp³-hybridized carbons (Fsp3) is 0.333. The molecular weight excluding hydrogens is 326 g/mol. The second-order valence-electron chi connectivity index (χ2n) is 5.16. The summed E-state index contributed by atoms with van der Waals surface area (Å²) in [5.41, 5.74) is 3.93. The fourth-order valence-corrected chi connectivity index (χ4v) is 2.83. The van der Waals surface area contributed by atoms with Crippen LogP contribution in [0.3, 0.4) is 0 Å². The van der Waals surface area contributed by atoms with Gasteiger partial charge in [0.2, 0.25) is 0 Å². The van der Waals surface area contributed by atoms with Crippen LogP contribution in [0.5, 0.6) is 5.75 Å². The van der Waals surface area contributed by atoms with Crippen molar-refractivity contribution in [3.05, 3.63) is 63.6 Å². The number of nitrogens with one attached hydrogen (secondary N) is 1. The molecule has 2 aromatic rings. The lowest BCUT2D eigenvalue weighted by Crippen LogP contribution is -2.23. The SMILES string of the molecule is CCNC(Cc1ccc(Br)cc1)c1ccc(OC)cc1C. The molecule has 0 fully saturated rings. The molecule has 2 nitrogen and oxygen atoms in total. The van der Waals surface area contributed by atoms with Crippen molar-refractivity contribution in [1.82, 2.24) is 5.32 Å². The van der Waals surface area contributed by atoms with Gasteiger partial charge < -0.3 is 10.1 Å². The maximum atomic E-state index is 5.30. The first-order valence-corrected chi connectivity index (χ1v) is 8.05. The van der Waals surface area contributed by atoms with Crippen LogP contribution in [0.2, 0.25) is 0 Å². The van der Waals surface area contributed by atoms with Gasteiger partial charge in [-0.05, 0) is 60.8 Å². The van der Waals surface area contributed by atoms with Crippen LogP contribution in [0.15, 0.2) is 46.9 Å². The number of hydrogen-bond donors (Lipinski definition) is 1. The molecule has 1 N–H and O–H groups in total. The van der Waals surface area contributed by atoms with Crippen molar-refractivity contribution >= 4 is 15.9 Å². The van der Waals surface area contributed by atoms with Gasteiger partial charge in [0, 0.05) is 10.5 Å². The third-order valence-electron chi connectivity index (χ3n) is 3.66. The lowest BCUT2D eigenvalue weighted by atomic mass is 9.95. The minimum Gasteiger partial charge on any atom is -0.497 e. The Morgan fingerprint density at radius 3 is 2.43 bits per heavy atom. The van der Waals surface area contributed by atoms with E-state index in [-0.39, 0.29) is 0 Å². The van der Waals surface area contributed by atoms with Crippen molar-refractivity contribution in [2.45, 2.75) is 26.3 Å². The standard InChI is InChI=1S/C18H22BrNO/c1-4-20-18(12-14-5-7-15(19)8-6-14)17-10-9-16(21-3)11-13(17)2/h5-11,18,20H,4,12H2,1-3H3. The van der Waals surface area contributed by atoms with Crippen LogP contribution >= 0.6 is 15.9 Å². The zero-order valence-corrected chi connectivity index (χ0v) is 14.4. The number of likely N-dealkylation sites (N-methyl/N-ethyl adjacent to an activating group) is 1. The van der Waals surface area contributed by atoms with Crippen molar-refractivity contribution in [1.29, 1.82) is 0 Å². The predicted molar refractivity (Wildman–Crippen MR) is 92.0 cm³/mol. The molecule has 0 amide bonds. The van der Waals surface area contributed by atoms with E-state index in [2.05, 4.69) is 71.5 Å². The van der Waals surface area contributed by atoms with Crippen LogP contribution in [0, 0.1) is 6.92 Å². The van der Waals surface area contributed by atoms with Gasteiger partial charge in [-0.3, -0.25) is 0 Å². The Hall–Kier alpha value is -1.32. The molecule has 0 aromatic heterocycles. The summed E-state index contributed by atoms with van der Waals surface area (Å²) in [5.74, 6) is 0.912. The summed E-state index contributed by atoms with van der Waals surface area (Å²) in [5, 5.41) is 3.59. The van der Waals surface area contributed by atoms with Crippen LogP contribution in [-0.4, -0.2) is 13.7 Å². The lowest BCUT2D eigenvalue weighted by Gasteiger charge is -2.21. The quantitative estimate of drug-likeness (QED) is 0.820. The van der Waals surface area contributed by atoms with Crippen LogP contribution in [0.25, 0.3) is 0 Å². The van der Waals surface area contributed by atoms with Gasteiger partial charge in [0.25, 0.3) is 0 Å². The molecule has 0 bridgehead atoms. The summed E-state index contributed by atoms with van der Waals surface area (Å²) in [7, 11) is 1.71. The molecule has 2 rings (SSSR count). The first-order valence-electron chi connectivity index (χ1n) is 7.26. The van der Waals surface area contributed by atoms with Crippen molar-refractivity contribution in [2.75, 3.05) is 13.7 Å². The summed E-state index contributed by atoms with van der Waals surface area (Å²) >= 11 is 3.49. The Balaban J connectivity index is 2.24. The van der Waals surface area contributed by atoms with Crippen molar-refractivity contribution in [3.8, 4) is 5.75 Å². The molecule has 1 atom stereocenters. The molecule has 0 aliphatic carbocycles. The van der Waals surface area contributed by atoms with E-state index in [1.165, 1.54) is 16.7 Å². The zero-order valence-electron chi connectivity index (χ0n) is 12.8. The molecule has 0 aliphatic rings. The molecule has 0 saturated carbocycles. The van der Waals surface area contributed by atoms with Crippen LogP contribution < -0.4 is 10.1 Å². The van der Waals surface area contributed by atoms with Gasteiger partial charge in [-0.25, -0.2) is 0 Å². The summed E-state index contributed by atoms with van der Waals surface area (Å²) < 4.78 is 6.41. The smallest absolute Gasteiger partial charge is 0.119 e. The number of aryl methyl sites for hydroxylation is 1. The largest absolute Gasteiger partial charge is 0.497 e. The third kappa shape index (κ3) is 4.32. The maximum Gasteiger partial charge on any atom is 0.119 e.